The summed E-state index contributed by atoms with van der Waals surface area (Å²) in [6.45, 7) is 4.54. The van der Waals surface area contributed by atoms with Gasteiger partial charge in [-0.15, -0.1) is 5.10 Å². The monoisotopic (exact) mass is 553 g/mol. The number of nitrogens with one attached hydrogen (secondary N) is 2. The predicted octanol–water partition coefficient (Wildman–Crippen LogP) is 2.82. The second-order valence-electron chi connectivity index (χ2n) is 8.14. The first-order valence-corrected chi connectivity index (χ1v) is 11.9. The zero-order valence-electron chi connectivity index (χ0n) is 18.2. The molecule has 0 saturated carbocycles. The number of halogens is 1. The highest BCUT2D eigenvalue weighted by atomic mass is 127. The average Bonchev–Trinajstić information content (AvgIpc) is 3.28. The van der Waals surface area contributed by atoms with Crippen molar-refractivity contribution in [3.05, 3.63) is 75.8 Å². The number of anilines is 1. The van der Waals surface area contributed by atoms with E-state index >= 15 is 0 Å². The smallest absolute Gasteiger partial charge is 0.239 e. The van der Waals surface area contributed by atoms with Gasteiger partial charge in [0.25, 0.3) is 0 Å². The van der Waals surface area contributed by atoms with Gasteiger partial charge in [-0.25, -0.2) is 14.6 Å². The highest BCUT2D eigenvalue weighted by Crippen LogP contribution is 2.24. The molecule has 2 N–H and O–H groups in total. The van der Waals surface area contributed by atoms with Crippen LogP contribution in [0.1, 0.15) is 11.1 Å². The lowest BCUT2D eigenvalue weighted by Gasteiger charge is -2.33. The maximum Gasteiger partial charge on any atom is 0.239 e. The van der Waals surface area contributed by atoms with Gasteiger partial charge in [-0.2, -0.15) is 0 Å². The molecule has 8 nitrogen and oxygen atoms in total. The van der Waals surface area contributed by atoms with Gasteiger partial charge in [0.05, 0.1) is 11.1 Å². The van der Waals surface area contributed by atoms with E-state index in [0.29, 0.717) is 25.3 Å². The molecule has 0 spiro atoms. The summed E-state index contributed by atoms with van der Waals surface area (Å²) in [6.07, 6.45) is 3.50. The van der Waals surface area contributed by atoms with Crippen molar-refractivity contribution in [2.75, 3.05) is 24.5 Å². The quantitative estimate of drug-likeness (QED) is 0.370. The van der Waals surface area contributed by atoms with Crippen LogP contribution in [0.4, 0.5) is 5.82 Å². The van der Waals surface area contributed by atoms with Crippen molar-refractivity contribution >= 4 is 45.3 Å². The average molecular weight is 553 g/mol. The molecule has 1 amide bonds. The topological polar surface area (TPSA) is 88.0 Å². The number of hydrogen-bond donors (Lipinski definition) is 2. The second-order valence-corrected chi connectivity index (χ2v) is 9.39. The third-order valence-corrected chi connectivity index (χ3v) is 6.48. The molecule has 1 saturated heterocycles. The highest BCUT2D eigenvalue weighted by Gasteiger charge is 2.27. The minimum absolute atomic E-state index is 0.0149. The minimum atomic E-state index is -0.320. The van der Waals surface area contributed by atoms with Gasteiger partial charge >= 0.3 is 0 Å². The van der Waals surface area contributed by atoms with Crippen LogP contribution in [-0.2, 0) is 11.3 Å². The number of fused-ring (bicyclic) bond motifs is 1. The van der Waals surface area contributed by atoms with Crippen LogP contribution in [0.3, 0.4) is 0 Å². The molecule has 2 aromatic carbocycles. The van der Waals surface area contributed by atoms with E-state index in [0.717, 1.165) is 29.0 Å². The van der Waals surface area contributed by atoms with Crippen molar-refractivity contribution in [1.29, 1.82) is 0 Å². The molecular formula is C24H24IN7O. The largest absolute Gasteiger partial charge is 0.353 e. The Hall–Kier alpha value is -3.05. The van der Waals surface area contributed by atoms with Crippen LogP contribution < -0.4 is 15.5 Å². The summed E-state index contributed by atoms with van der Waals surface area (Å²) in [5.74, 6) is 0.786. The third-order valence-electron chi connectivity index (χ3n) is 5.77. The molecule has 1 fully saturated rings. The molecule has 5 rings (SSSR count). The lowest BCUT2D eigenvalue weighted by molar-refractivity contribution is -0.123. The molecule has 9 heteroatoms. The summed E-state index contributed by atoms with van der Waals surface area (Å²) in [5, 5.41) is 11.9. The molecule has 0 aliphatic carbocycles. The predicted molar refractivity (Wildman–Crippen MR) is 136 cm³/mol. The van der Waals surface area contributed by atoms with Crippen molar-refractivity contribution < 1.29 is 4.79 Å². The molecule has 0 radical (unpaired) electrons. The summed E-state index contributed by atoms with van der Waals surface area (Å²) >= 11 is 2.27. The van der Waals surface area contributed by atoms with E-state index in [1.807, 2.05) is 47.3 Å². The Morgan fingerprint density at radius 2 is 1.94 bits per heavy atom. The SMILES string of the molecule is Cc1ccc(-n2cc3c(N4CCNC(C(=O)NCc5ccc(I)cc5)C4)ncnc3n2)cc1. The number of carbonyl (C=O) groups is 1. The lowest BCUT2D eigenvalue weighted by atomic mass is 10.1. The van der Waals surface area contributed by atoms with Crippen molar-refractivity contribution in [1.82, 2.24) is 30.4 Å². The Morgan fingerprint density at radius 3 is 2.73 bits per heavy atom. The maximum atomic E-state index is 12.8. The van der Waals surface area contributed by atoms with E-state index in [1.54, 1.807) is 0 Å². The molecule has 168 valence electrons. The fraction of sp³-hybridized carbons (Fsp3) is 0.250. The van der Waals surface area contributed by atoms with E-state index in [4.69, 9.17) is 0 Å². The van der Waals surface area contributed by atoms with E-state index in [-0.39, 0.29) is 11.9 Å². The molecular weight excluding hydrogens is 529 g/mol. The van der Waals surface area contributed by atoms with E-state index in [1.165, 1.54) is 15.5 Å². The molecule has 4 aromatic rings. The Bertz CT molecular complexity index is 1270. The first-order valence-electron chi connectivity index (χ1n) is 10.8. The van der Waals surface area contributed by atoms with Gasteiger partial charge in [0.15, 0.2) is 5.65 Å². The van der Waals surface area contributed by atoms with Crippen LogP contribution in [0.2, 0.25) is 0 Å². The Balaban J connectivity index is 1.32. The molecule has 1 atom stereocenters. The maximum absolute atomic E-state index is 12.8. The van der Waals surface area contributed by atoms with Crippen LogP contribution in [0.25, 0.3) is 16.7 Å². The highest BCUT2D eigenvalue weighted by molar-refractivity contribution is 14.1. The Kier molecular flexibility index (Phi) is 6.23. The van der Waals surface area contributed by atoms with E-state index < -0.39 is 0 Å². The lowest BCUT2D eigenvalue weighted by Crippen LogP contribution is -2.57. The first kappa shape index (κ1) is 21.8. The zero-order valence-corrected chi connectivity index (χ0v) is 20.4. The molecule has 2 aromatic heterocycles. The summed E-state index contributed by atoms with van der Waals surface area (Å²) in [7, 11) is 0. The van der Waals surface area contributed by atoms with Crippen LogP contribution in [0, 0.1) is 10.5 Å². The van der Waals surface area contributed by atoms with Gasteiger partial charge in [-0.1, -0.05) is 29.8 Å². The van der Waals surface area contributed by atoms with Crippen LogP contribution in [0.5, 0.6) is 0 Å². The number of piperazine rings is 1. The summed E-state index contributed by atoms with van der Waals surface area (Å²) in [5.41, 5.74) is 3.89. The molecule has 0 bridgehead atoms. The van der Waals surface area contributed by atoms with Crippen molar-refractivity contribution in [2.45, 2.75) is 19.5 Å². The number of benzene rings is 2. The number of aromatic nitrogens is 4. The molecule has 33 heavy (non-hydrogen) atoms. The summed E-state index contributed by atoms with van der Waals surface area (Å²) in [4.78, 5) is 23.9. The number of amides is 1. The zero-order chi connectivity index (χ0) is 22.8. The van der Waals surface area contributed by atoms with Crippen molar-refractivity contribution in [3.63, 3.8) is 0 Å². The summed E-state index contributed by atoms with van der Waals surface area (Å²) in [6, 6.07) is 16.0. The van der Waals surface area contributed by atoms with Gasteiger partial charge in [-0.3, -0.25) is 4.79 Å². The summed E-state index contributed by atoms with van der Waals surface area (Å²) < 4.78 is 3.00. The Morgan fingerprint density at radius 1 is 1.15 bits per heavy atom. The van der Waals surface area contributed by atoms with Gasteiger partial charge in [0, 0.05) is 35.9 Å². The fourth-order valence-electron chi connectivity index (χ4n) is 3.94. The van der Waals surface area contributed by atoms with Crippen LogP contribution in [0.15, 0.2) is 61.1 Å². The van der Waals surface area contributed by atoms with Gasteiger partial charge in [0.2, 0.25) is 5.91 Å². The number of rotatable bonds is 5. The van der Waals surface area contributed by atoms with E-state index in [2.05, 4.69) is 72.2 Å². The number of carbonyl (C=O) groups excluding carboxylic acids is 1. The Labute approximate surface area is 205 Å². The van der Waals surface area contributed by atoms with Gasteiger partial charge in [-0.05, 0) is 59.3 Å². The minimum Gasteiger partial charge on any atom is -0.353 e. The van der Waals surface area contributed by atoms with Crippen LogP contribution >= 0.6 is 22.6 Å². The van der Waals surface area contributed by atoms with Crippen LogP contribution in [-0.4, -0.2) is 51.3 Å². The fourth-order valence-corrected chi connectivity index (χ4v) is 4.30. The van der Waals surface area contributed by atoms with Gasteiger partial charge < -0.3 is 15.5 Å². The first-order chi connectivity index (χ1) is 16.1. The third kappa shape index (κ3) is 4.83. The molecule has 1 unspecified atom stereocenters. The molecule has 1 aliphatic heterocycles. The van der Waals surface area contributed by atoms with Crippen molar-refractivity contribution in [3.8, 4) is 5.69 Å². The van der Waals surface area contributed by atoms with E-state index in [9.17, 15) is 4.79 Å². The number of hydrogen-bond acceptors (Lipinski definition) is 6. The van der Waals surface area contributed by atoms with Gasteiger partial charge in [0.1, 0.15) is 18.2 Å². The van der Waals surface area contributed by atoms with Crippen molar-refractivity contribution in [2.24, 2.45) is 0 Å². The molecule has 1 aliphatic rings. The number of aryl methyl sites for hydroxylation is 1. The second kappa shape index (κ2) is 9.44. The normalized spacial score (nSPS) is 16.2. The number of nitrogens with zero attached hydrogens (tertiary/aromatic N) is 5. The molecule has 3 heterocycles. The standard InChI is InChI=1S/C24H24IN7O/c1-16-2-8-19(9-3-16)32-13-20-22(30-32)28-15-29-23(20)31-11-10-26-21(14-31)24(33)27-12-17-4-6-18(25)7-5-17/h2-9,13,15,21,26H,10-12,14H2,1H3,(H,27,33).